The predicted molar refractivity (Wildman–Crippen MR) is 58.7 cm³/mol. The number of aromatic nitrogens is 1. The van der Waals surface area contributed by atoms with Gasteiger partial charge in [-0.2, -0.15) is 0 Å². The van der Waals surface area contributed by atoms with Crippen molar-refractivity contribution >= 4 is 29.1 Å². The molecule has 1 saturated heterocycles. The van der Waals surface area contributed by atoms with E-state index in [-0.39, 0.29) is 11.8 Å². The van der Waals surface area contributed by atoms with Gasteiger partial charge in [-0.1, -0.05) is 11.8 Å². The number of carboxylic acids is 1. The molecule has 1 aliphatic rings. The van der Waals surface area contributed by atoms with Gasteiger partial charge >= 0.3 is 5.97 Å². The minimum Gasteiger partial charge on any atom is -0.476 e. The molecule has 0 aromatic carbocycles. The number of carboxylic acid groups (broad SMARTS) is 1. The van der Waals surface area contributed by atoms with Gasteiger partial charge in [0.1, 0.15) is 0 Å². The molecule has 0 saturated carbocycles. The van der Waals surface area contributed by atoms with E-state index in [9.17, 15) is 4.79 Å². The molecular formula is C9H11NO3S2. The van der Waals surface area contributed by atoms with Crippen molar-refractivity contribution in [1.29, 1.82) is 0 Å². The Morgan fingerprint density at radius 2 is 2.60 bits per heavy atom. The first-order valence-corrected chi connectivity index (χ1v) is 6.40. The van der Waals surface area contributed by atoms with Crippen LogP contribution in [0.4, 0.5) is 0 Å². The molecule has 0 spiro atoms. The number of thioether (sulfide) groups is 1. The predicted octanol–water partition coefficient (Wildman–Crippen LogP) is 2.11. The lowest BCUT2D eigenvalue weighted by Gasteiger charge is -2.10. The van der Waals surface area contributed by atoms with Crippen LogP contribution in [0.1, 0.15) is 23.8 Å². The minimum atomic E-state index is -0.964. The van der Waals surface area contributed by atoms with Gasteiger partial charge in [0.15, 0.2) is 10.0 Å². The molecule has 0 aliphatic carbocycles. The van der Waals surface area contributed by atoms with Crippen molar-refractivity contribution in [3.8, 4) is 0 Å². The highest BCUT2D eigenvalue weighted by atomic mass is 32.2. The van der Waals surface area contributed by atoms with Gasteiger partial charge in [0.25, 0.3) is 0 Å². The lowest BCUT2D eigenvalue weighted by atomic mass is 10.3. The lowest BCUT2D eigenvalue weighted by Crippen LogP contribution is -2.12. The summed E-state index contributed by atoms with van der Waals surface area (Å²) in [6.45, 7) is 2.83. The maximum atomic E-state index is 10.6. The van der Waals surface area contributed by atoms with Crippen molar-refractivity contribution in [2.75, 3.05) is 6.61 Å². The zero-order valence-corrected chi connectivity index (χ0v) is 9.81. The first-order valence-electron chi connectivity index (χ1n) is 4.64. The monoisotopic (exact) mass is 245 g/mol. The maximum absolute atomic E-state index is 10.6. The molecule has 0 bridgehead atoms. The van der Waals surface area contributed by atoms with Crippen molar-refractivity contribution in [3.63, 3.8) is 0 Å². The third-order valence-electron chi connectivity index (χ3n) is 2.26. The summed E-state index contributed by atoms with van der Waals surface area (Å²) in [4.78, 5) is 14.7. The average Bonchev–Trinajstić information content (AvgIpc) is 2.77. The summed E-state index contributed by atoms with van der Waals surface area (Å²) in [7, 11) is 0. The summed E-state index contributed by atoms with van der Waals surface area (Å²) >= 11 is 3.00. The van der Waals surface area contributed by atoms with E-state index in [1.807, 2.05) is 6.92 Å². The van der Waals surface area contributed by atoms with Crippen LogP contribution in [0.3, 0.4) is 0 Å². The molecular weight excluding hydrogens is 234 g/mol. The van der Waals surface area contributed by atoms with Gasteiger partial charge in [-0.05, 0) is 13.3 Å². The topological polar surface area (TPSA) is 59.4 Å². The highest BCUT2D eigenvalue weighted by Crippen LogP contribution is 2.34. The number of ether oxygens (including phenoxy) is 1. The Balaban J connectivity index is 2.01. The van der Waals surface area contributed by atoms with E-state index in [2.05, 4.69) is 4.98 Å². The Labute approximate surface area is 95.7 Å². The van der Waals surface area contributed by atoms with Crippen LogP contribution in [0.15, 0.2) is 9.72 Å². The highest BCUT2D eigenvalue weighted by molar-refractivity contribution is 8.01. The van der Waals surface area contributed by atoms with Crippen LogP contribution < -0.4 is 0 Å². The van der Waals surface area contributed by atoms with Crippen LogP contribution in [-0.4, -0.2) is 34.0 Å². The number of thiazole rings is 1. The fourth-order valence-corrected chi connectivity index (χ4v) is 3.55. The number of carbonyl (C=O) groups is 1. The average molecular weight is 245 g/mol. The standard InChI is InChI=1S/C9H11NO3S2/c1-5-7(2-3-13-5)15-9-10-6(4-14-9)8(11)12/h4-5,7H,2-3H2,1H3,(H,11,12). The van der Waals surface area contributed by atoms with Crippen molar-refractivity contribution in [1.82, 2.24) is 4.98 Å². The number of hydrogen-bond donors (Lipinski definition) is 1. The van der Waals surface area contributed by atoms with Crippen molar-refractivity contribution in [2.45, 2.75) is 29.0 Å². The lowest BCUT2D eigenvalue weighted by molar-refractivity contribution is 0.0691. The number of rotatable bonds is 3. The summed E-state index contributed by atoms with van der Waals surface area (Å²) in [5.41, 5.74) is 0.133. The molecule has 1 N–H and O–H groups in total. The van der Waals surface area contributed by atoms with E-state index in [1.54, 1.807) is 17.1 Å². The van der Waals surface area contributed by atoms with Gasteiger partial charge in [0.2, 0.25) is 0 Å². The van der Waals surface area contributed by atoms with E-state index in [1.165, 1.54) is 11.3 Å². The number of nitrogens with zero attached hydrogens (tertiary/aromatic N) is 1. The van der Waals surface area contributed by atoms with Gasteiger partial charge < -0.3 is 9.84 Å². The smallest absolute Gasteiger partial charge is 0.355 e. The van der Waals surface area contributed by atoms with Crippen LogP contribution >= 0.6 is 23.1 Å². The first kappa shape index (κ1) is 10.9. The Bertz CT molecular complexity index is 366. The Hall–Kier alpha value is -0.590. The summed E-state index contributed by atoms with van der Waals surface area (Å²) in [6.07, 6.45) is 1.24. The maximum Gasteiger partial charge on any atom is 0.355 e. The van der Waals surface area contributed by atoms with Crippen molar-refractivity contribution in [3.05, 3.63) is 11.1 Å². The Morgan fingerprint density at radius 3 is 3.13 bits per heavy atom. The van der Waals surface area contributed by atoms with Gasteiger partial charge in [-0.15, -0.1) is 11.3 Å². The van der Waals surface area contributed by atoms with E-state index in [0.717, 1.165) is 17.4 Å². The van der Waals surface area contributed by atoms with Crippen LogP contribution in [0.2, 0.25) is 0 Å². The zero-order valence-electron chi connectivity index (χ0n) is 8.17. The molecule has 2 heterocycles. The van der Waals surface area contributed by atoms with Crippen LogP contribution in [0.25, 0.3) is 0 Å². The second-order valence-corrected chi connectivity index (χ2v) is 5.67. The molecule has 1 aliphatic heterocycles. The number of hydrogen-bond acceptors (Lipinski definition) is 5. The Kier molecular flexibility index (Phi) is 3.28. The third kappa shape index (κ3) is 2.50. The first-order chi connectivity index (χ1) is 7.16. The molecule has 0 amide bonds. The van der Waals surface area contributed by atoms with Gasteiger partial charge in [-0.25, -0.2) is 9.78 Å². The minimum absolute atomic E-state index is 0.133. The molecule has 1 aromatic heterocycles. The van der Waals surface area contributed by atoms with Gasteiger partial charge in [-0.3, -0.25) is 0 Å². The van der Waals surface area contributed by atoms with E-state index in [4.69, 9.17) is 9.84 Å². The highest BCUT2D eigenvalue weighted by Gasteiger charge is 2.26. The molecule has 6 heteroatoms. The SMILES string of the molecule is CC1OCCC1Sc1nc(C(=O)O)cs1. The van der Waals surface area contributed by atoms with Gasteiger partial charge in [0.05, 0.1) is 6.10 Å². The van der Waals surface area contributed by atoms with E-state index < -0.39 is 5.97 Å². The van der Waals surface area contributed by atoms with Gasteiger partial charge in [0, 0.05) is 17.2 Å². The number of aromatic carboxylic acids is 1. The fourth-order valence-electron chi connectivity index (χ4n) is 1.41. The quantitative estimate of drug-likeness (QED) is 0.883. The molecule has 1 aromatic rings. The molecule has 15 heavy (non-hydrogen) atoms. The molecule has 82 valence electrons. The second kappa shape index (κ2) is 4.51. The summed E-state index contributed by atoms with van der Waals surface area (Å²) in [5, 5.41) is 10.7. The molecule has 2 unspecified atom stereocenters. The third-order valence-corrected chi connectivity index (χ3v) is 4.69. The van der Waals surface area contributed by atoms with E-state index >= 15 is 0 Å². The summed E-state index contributed by atoms with van der Waals surface area (Å²) in [5.74, 6) is -0.964. The fraction of sp³-hybridized carbons (Fsp3) is 0.556. The largest absolute Gasteiger partial charge is 0.476 e. The van der Waals surface area contributed by atoms with E-state index in [0.29, 0.717) is 5.25 Å². The zero-order chi connectivity index (χ0) is 10.8. The van der Waals surface area contributed by atoms with Crippen LogP contribution in [-0.2, 0) is 4.74 Å². The Morgan fingerprint density at radius 1 is 1.80 bits per heavy atom. The molecule has 2 rings (SSSR count). The summed E-state index contributed by atoms with van der Waals surface area (Å²) in [6, 6.07) is 0. The molecule has 2 atom stereocenters. The normalized spacial score (nSPS) is 25.7. The van der Waals surface area contributed by atoms with Crippen molar-refractivity contribution < 1.29 is 14.6 Å². The molecule has 1 fully saturated rings. The van der Waals surface area contributed by atoms with Crippen molar-refractivity contribution in [2.24, 2.45) is 0 Å². The van der Waals surface area contributed by atoms with Crippen LogP contribution in [0.5, 0.6) is 0 Å². The molecule has 4 nitrogen and oxygen atoms in total. The molecule has 0 radical (unpaired) electrons. The van der Waals surface area contributed by atoms with Crippen LogP contribution in [0, 0.1) is 0 Å². The summed E-state index contributed by atoms with van der Waals surface area (Å²) < 4.78 is 6.25. The second-order valence-electron chi connectivity index (χ2n) is 3.32.